The van der Waals surface area contributed by atoms with E-state index in [0.717, 1.165) is 17.3 Å². The highest BCUT2D eigenvalue weighted by atomic mass is 15.2. The van der Waals surface area contributed by atoms with Gasteiger partial charge in [0.2, 0.25) is 0 Å². The zero-order valence-corrected chi connectivity index (χ0v) is 15.9. The van der Waals surface area contributed by atoms with Crippen LogP contribution in [0.5, 0.6) is 0 Å². The molecule has 3 rings (SSSR count). The predicted octanol–water partition coefficient (Wildman–Crippen LogP) is 3.50. The summed E-state index contributed by atoms with van der Waals surface area (Å²) in [6, 6.07) is 16.9. The molecule has 136 valence electrons. The van der Waals surface area contributed by atoms with Gasteiger partial charge in [-0.2, -0.15) is 0 Å². The standard InChI is InChI=1S/C21H27N5/c1-15-9-8-12-20-25-19(14-26(15)20)13-23-21(22-4)24-17(3)16(2)18-10-6-5-7-11-18/h5-12,14,16-17H,13H2,1-4H3,(H2,22,23,24). The molecule has 0 saturated heterocycles. The zero-order chi connectivity index (χ0) is 18.5. The molecule has 5 nitrogen and oxygen atoms in total. The van der Waals surface area contributed by atoms with Crippen molar-refractivity contribution >= 4 is 11.6 Å². The second-order valence-corrected chi connectivity index (χ2v) is 6.69. The van der Waals surface area contributed by atoms with Crippen molar-refractivity contribution in [3.8, 4) is 0 Å². The van der Waals surface area contributed by atoms with E-state index in [2.05, 4.69) is 82.3 Å². The van der Waals surface area contributed by atoms with E-state index in [1.807, 2.05) is 18.2 Å². The minimum atomic E-state index is 0.256. The van der Waals surface area contributed by atoms with Gasteiger partial charge in [0.15, 0.2) is 5.96 Å². The number of hydrogen-bond donors (Lipinski definition) is 2. The Morgan fingerprint density at radius 2 is 1.88 bits per heavy atom. The number of aromatic nitrogens is 2. The summed E-state index contributed by atoms with van der Waals surface area (Å²) in [7, 11) is 1.79. The molecule has 2 unspecified atom stereocenters. The van der Waals surface area contributed by atoms with Gasteiger partial charge >= 0.3 is 0 Å². The summed E-state index contributed by atoms with van der Waals surface area (Å²) in [5.74, 6) is 1.17. The molecule has 0 bridgehead atoms. The van der Waals surface area contributed by atoms with E-state index >= 15 is 0 Å². The van der Waals surface area contributed by atoms with Gasteiger partial charge in [-0.05, 0) is 31.5 Å². The summed E-state index contributed by atoms with van der Waals surface area (Å²) in [6.45, 7) is 7.12. The number of pyridine rings is 1. The Hall–Kier alpha value is -2.82. The predicted molar refractivity (Wildman–Crippen MR) is 108 cm³/mol. The molecule has 2 N–H and O–H groups in total. The molecule has 3 aromatic rings. The van der Waals surface area contributed by atoms with E-state index in [4.69, 9.17) is 0 Å². The van der Waals surface area contributed by atoms with Gasteiger partial charge in [0.05, 0.1) is 12.2 Å². The average Bonchev–Trinajstić information content (AvgIpc) is 3.09. The van der Waals surface area contributed by atoms with Crippen molar-refractivity contribution in [2.45, 2.75) is 39.3 Å². The first kappa shape index (κ1) is 18.0. The van der Waals surface area contributed by atoms with Crippen LogP contribution in [0.15, 0.2) is 59.7 Å². The van der Waals surface area contributed by atoms with Crippen LogP contribution in [-0.4, -0.2) is 28.4 Å². The van der Waals surface area contributed by atoms with Crippen molar-refractivity contribution in [1.82, 2.24) is 20.0 Å². The summed E-state index contributed by atoms with van der Waals surface area (Å²) in [5.41, 5.74) is 4.45. The number of benzene rings is 1. The van der Waals surface area contributed by atoms with E-state index in [1.54, 1.807) is 7.05 Å². The third-order valence-corrected chi connectivity index (χ3v) is 4.85. The molecule has 26 heavy (non-hydrogen) atoms. The fourth-order valence-electron chi connectivity index (χ4n) is 3.04. The Balaban J connectivity index is 1.61. The van der Waals surface area contributed by atoms with E-state index in [0.29, 0.717) is 12.5 Å². The number of nitrogens with zero attached hydrogens (tertiary/aromatic N) is 3. The minimum absolute atomic E-state index is 0.256. The van der Waals surface area contributed by atoms with Gasteiger partial charge in [-0.15, -0.1) is 0 Å². The van der Waals surface area contributed by atoms with Gasteiger partial charge < -0.3 is 15.0 Å². The Morgan fingerprint density at radius 3 is 2.58 bits per heavy atom. The lowest BCUT2D eigenvalue weighted by atomic mass is 9.94. The lowest BCUT2D eigenvalue weighted by Gasteiger charge is -2.23. The highest BCUT2D eigenvalue weighted by Crippen LogP contribution is 2.18. The van der Waals surface area contributed by atoms with Crippen LogP contribution in [0, 0.1) is 6.92 Å². The van der Waals surface area contributed by atoms with Gasteiger partial charge in [-0.25, -0.2) is 4.98 Å². The maximum absolute atomic E-state index is 4.66. The van der Waals surface area contributed by atoms with E-state index in [1.165, 1.54) is 11.3 Å². The van der Waals surface area contributed by atoms with Crippen molar-refractivity contribution in [2.75, 3.05) is 7.05 Å². The third-order valence-electron chi connectivity index (χ3n) is 4.85. The highest BCUT2D eigenvalue weighted by molar-refractivity contribution is 5.80. The van der Waals surface area contributed by atoms with Gasteiger partial charge in [-0.1, -0.05) is 43.3 Å². The highest BCUT2D eigenvalue weighted by Gasteiger charge is 2.15. The molecule has 2 aromatic heterocycles. The Morgan fingerprint density at radius 1 is 1.12 bits per heavy atom. The number of aryl methyl sites for hydroxylation is 1. The summed E-state index contributed by atoms with van der Waals surface area (Å²) in [5, 5.41) is 6.85. The summed E-state index contributed by atoms with van der Waals surface area (Å²) >= 11 is 0. The molecule has 0 aliphatic heterocycles. The quantitative estimate of drug-likeness (QED) is 0.547. The van der Waals surface area contributed by atoms with Gasteiger partial charge in [-0.3, -0.25) is 4.99 Å². The molecule has 0 aliphatic rings. The Bertz CT molecular complexity index is 882. The molecule has 1 aromatic carbocycles. The summed E-state index contributed by atoms with van der Waals surface area (Å²) in [4.78, 5) is 9.01. The number of hydrogen-bond acceptors (Lipinski definition) is 2. The lowest BCUT2D eigenvalue weighted by molar-refractivity contribution is 0.550. The van der Waals surface area contributed by atoms with Crippen molar-refractivity contribution in [2.24, 2.45) is 4.99 Å². The van der Waals surface area contributed by atoms with Gasteiger partial charge in [0, 0.05) is 30.9 Å². The van der Waals surface area contributed by atoms with Crippen LogP contribution in [0.25, 0.3) is 5.65 Å². The van der Waals surface area contributed by atoms with Crippen LogP contribution in [0.2, 0.25) is 0 Å². The van der Waals surface area contributed by atoms with Crippen LogP contribution < -0.4 is 10.6 Å². The van der Waals surface area contributed by atoms with Crippen LogP contribution in [0.3, 0.4) is 0 Å². The van der Waals surface area contributed by atoms with Crippen molar-refractivity contribution in [1.29, 1.82) is 0 Å². The van der Waals surface area contributed by atoms with Crippen LogP contribution in [-0.2, 0) is 6.54 Å². The molecule has 0 spiro atoms. The molecule has 0 aliphatic carbocycles. The lowest BCUT2D eigenvalue weighted by Crippen LogP contribution is -2.43. The SMILES string of the molecule is CN=C(NCc1cn2c(C)cccc2n1)NC(C)C(C)c1ccccc1. The molecule has 2 heterocycles. The Kier molecular flexibility index (Phi) is 5.56. The maximum atomic E-state index is 4.66. The fourth-order valence-corrected chi connectivity index (χ4v) is 3.04. The van der Waals surface area contributed by atoms with E-state index in [-0.39, 0.29) is 6.04 Å². The zero-order valence-electron chi connectivity index (χ0n) is 15.9. The number of guanidine groups is 1. The molecule has 0 fully saturated rings. The van der Waals surface area contributed by atoms with Crippen LogP contribution >= 0.6 is 0 Å². The average molecular weight is 349 g/mol. The first-order valence-corrected chi connectivity index (χ1v) is 9.04. The second kappa shape index (κ2) is 8.04. The maximum Gasteiger partial charge on any atom is 0.191 e. The number of fused-ring (bicyclic) bond motifs is 1. The smallest absolute Gasteiger partial charge is 0.191 e. The number of aliphatic imine (C=N–C) groups is 1. The number of nitrogens with one attached hydrogen (secondary N) is 2. The normalized spacial score (nSPS) is 14.2. The molecular formula is C21H27N5. The molecule has 2 atom stereocenters. The minimum Gasteiger partial charge on any atom is -0.353 e. The van der Waals surface area contributed by atoms with Crippen molar-refractivity contribution in [3.05, 3.63) is 71.7 Å². The second-order valence-electron chi connectivity index (χ2n) is 6.69. The summed E-state index contributed by atoms with van der Waals surface area (Å²) in [6.07, 6.45) is 2.07. The fraction of sp³-hybridized carbons (Fsp3) is 0.333. The van der Waals surface area contributed by atoms with E-state index < -0.39 is 0 Å². The van der Waals surface area contributed by atoms with Crippen molar-refractivity contribution in [3.63, 3.8) is 0 Å². The van der Waals surface area contributed by atoms with E-state index in [9.17, 15) is 0 Å². The van der Waals surface area contributed by atoms with Crippen molar-refractivity contribution < 1.29 is 0 Å². The Labute approximate surface area is 155 Å². The largest absolute Gasteiger partial charge is 0.353 e. The number of rotatable bonds is 5. The summed E-state index contributed by atoms with van der Waals surface area (Å²) < 4.78 is 2.10. The first-order valence-electron chi connectivity index (χ1n) is 9.04. The van der Waals surface area contributed by atoms with Gasteiger partial charge in [0.25, 0.3) is 0 Å². The molecular weight excluding hydrogens is 322 g/mol. The monoisotopic (exact) mass is 349 g/mol. The topological polar surface area (TPSA) is 53.7 Å². The van der Waals surface area contributed by atoms with Crippen LogP contribution in [0.4, 0.5) is 0 Å². The first-order chi connectivity index (χ1) is 12.6. The third kappa shape index (κ3) is 4.04. The molecule has 0 radical (unpaired) electrons. The van der Waals surface area contributed by atoms with Gasteiger partial charge in [0.1, 0.15) is 5.65 Å². The van der Waals surface area contributed by atoms with Crippen LogP contribution in [0.1, 0.15) is 36.7 Å². The molecule has 5 heteroatoms. The molecule has 0 amide bonds. The molecule has 0 saturated carbocycles. The number of imidazole rings is 1.